The summed E-state index contributed by atoms with van der Waals surface area (Å²) in [6.45, 7) is 4.91. The quantitative estimate of drug-likeness (QED) is 0.772. The monoisotopic (exact) mass is 268 g/mol. The van der Waals surface area contributed by atoms with Crippen LogP contribution >= 0.6 is 0 Å². The molecule has 0 amide bonds. The summed E-state index contributed by atoms with van der Waals surface area (Å²) in [5, 5.41) is 3.67. The second-order valence-corrected chi connectivity index (χ2v) is 6.87. The third kappa shape index (κ3) is 3.48. The number of carbonyl (C=O) groups excluding carboxylic acids is 1. The first kappa shape index (κ1) is 14.8. The van der Waals surface area contributed by atoms with Crippen LogP contribution in [0.5, 0.6) is 0 Å². The smallest absolute Gasteiger partial charge is 0.311 e. The molecule has 0 aliphatic carbocycles. The van der Waals surface area contributed by atoms with Gasteiger partial charge in [0.1, 0.15) is 0 Å². The Kier molecular flexibility index (Phi) is 4.51. The minimum Gasteiger partial charge on any atom is -0.469 e. The van der Waals surface area contributed by atoms with Gasteiger partial charge in [0.25, 0.3) is 0 Å². The van der Waals surface area contributed by atoms with Gasteiger partial charge in [-0.2, -0.15) is 0 Å². The zero-order valence-corrected chi connectivity index (χ0v) is 12.7. The van der Waals surface area contributed by atoms with Crippen LogP contribution in [0, 0.1) is 5.41 Å². The molecule has 2 atom stereocenters. The van der Waals surface area contributed by atoms with Gasteiger partial charge in [0.05, 0.1) is 12.5 Å². The summed E-state index contributed by atoms with van der Waals surface area (Å²) in [4.78, 5) is 14.1. The van der Waals surface area contributed by atoms with Gasteiger partial charge in [0.2, 0.25) is 0 Å². The fraction of sp³-hybridized carbons (Fsp3) is 0.933. The van der Waals surface area contributed by atoms with Crippen molar-refractivity contribution in [3.8, 4) is 0 Å². The Morgan fingerprint density at radius 2 is 1.89 bits per heavy atom. The molecule has 0 aromatic heterocycles. The molecule has 0 saturated carbocycles. The Balaban J connectivity index is 1.81. The van der Waals surface area contributed by atoms with Gasteiger partial charge in [0.15, 0.2) is 0 Å². The summed E-state index contributed by atoms with van der Waals surface area (Å²) in [6.07, 6.45) is 6.04. The molecular formula is C15H28N2O2. The number of hydrogen-bond acceptors (Lipinski definition) is 4. The minimum atomic E-state index is -0.380. The van der Waals surface area contributed by atoms with Crippen LogP contribution in [0.3, 0.4) is 0 Å². The number of ether oxygens (including phenoxy) is 1. The van der Waals surface area contributed by atoms with Crippen LogP contribution in [-0.2, 0) is 9.53 Å². The highest BCUT2D eigenvalue weighted by Crippen LogP contribution is 2.30. The number of nitrogens with zero attached hydrogens (tertiary/aromatic N) is 1. The van der Waals surface area contributed by atoms with E-state index in [4.69, 9.17) is 4.74 Å². The highest BCUT2D eigenvalue weighted by atomic mass is 16.5. The number of methoxy groups -OCH3 is 1. The maximum absolute atomic E-state index is 11.7. The molecule has 0 radical (unpaired) electrons. The van der Waals surface area contributed by atoms with Crippen LogP contribution in [0.15, 0.2) is 0 Å². The summed E-state index contributed by atoms with van der Waals surface area (Å²) < 4.78 is 4.87. The lowest BCUT2D eigenvalue weighted by atomic mass is 9.88. The molecule has 2 bridgehead atoms. The summed E-state index contributed by atoms with van der Waals surface area (Å²) in [6, 6.07) is 2.12. The van der Waals surface area contributed by atoms with Crippen LogP contribution in [0.4, 0.5) is 0 Å². The molecule has 2 aliphatic rings. The Morgan fingerprint density at radius 3 is 2.42 bits per heavy atom. The number of piperidine rings is 1. The fourth-order valence-corrected chi connectivity index (χ4v) is 3.40. The van der Waals surface area contributed by atoms with Crippen molar-refractivity contribution in [2.75, 3.05) is 20.7 Å². The van der Waals surface area contributed by atoms with Crippen LogP contribution < -0.4 is 5.32 Å². The average molecular weight is 268 g/mol. The number of hydrogen-bond donors (Lipinski definition) is 1. The number of carbonyl (C=O) groups is 1. The Hall–Kier alpha value is -0.610. The van der Waals surface area contributed by atoms with Crippen LogP contribution in [0.1, 0.15) is 46.0 Å². The summed E-state index contributed by atoms with van der Waals surface area (Å²) >= 11 is 0. The van der Waals surface area contributed by atoms with Gasteiger partial charge in [-0.1, -0.05) is 0 Å². The second kappa shape index (κ2) is 5.80. The predicted octanol–water partition coefficient (Wildman–Crippen LogP) is 1.79. The molecule has 4 nitrogen and oxygen atoms in total. The molecule has 4 heteroatoms. The van der Waals surface area contributed by atoms with Crippen molar-refractivity contribution in [2.24, 2.45) is 5.41 Å². The van der Waals surface area contributed by atoms with E-state index in [0.717, 1.165) is 25.0 Å². The van der Waals surface area contributed by atoms with Crippen molar-refractivity contribution in [1.82, 2.24) is 10.2 Å². The molecule has 2 fully saturated rings. The van der Waals surface area contributed by atoms with Gasteiger partial charge in [-0.25, -0.2) is 0 Å². The van der Waals surface area contributed by atoms with E-state index in [-0.39, 0.29) is 11.4 Å². The van der Waals surface area contributed by atoms with Crippen molar-refractivity contribution in [2.45, 2.75) is 64.1 Å². The van der Waals surface area contributed by atoms with Crippen molar-refractivity contribution in [3.05, 3.63) is 0 Å². The van der Waals surface area contributed by atoms with E-state index >= 15 is 0 Å². The van der Waals surface area contributed by atoms with E-state index in [1.807, 2.05) is 13.8 Å². The van der Waals surface area contributed by atoms with Gasteiger partial charge >= 0.3 is 5.97 Å². The predicted molar refractivity (Wildman–Crippen MR) is 76.0 cm³/mol. The molecule has 2 rings (SSSR count). The van der Waals surface area contributed by atoms with Gasteiger partial charge < -0.3 is 15.0 Å². The van der Waals surface area contributed by atoms with Crippen molar-refractivity contribution >= 4 is 5.97 Å². The maximum Gasteiger partial charge on any atom is 0.311 e. The van der Waals surface area contributed by atoms with Gasteiger partial charge in [-0.15, -0.1) is 0 Å². The second-order valence-electron chi connectivity index (χ2n) is 6.87. The van der Waals surface area contributed by atoms with Gasteiger partial charge in [-0.3, -0.25) is 4.79 Å². The molecule has 2 heterocycles. The normalized spacial score (nSPS) is 30.7. The zero-order chi connectivity index (χ0) is 14.0. The van der Waals surface area contributed by atoms with Crippen molar-refractivity contribution < 1.29 is 9.53 Å². The summed E-state index contributed by atoms with van der Waals surface area (Å²) in [7, 11) is 3.67. The lowest BCUT2D eigenvalue weighted by Crippen LogP contribution is -2.47. The highest BCUT2D eigenvalue weighted by molar-refractivity contribution is 5.75. The van der Waals surface area contributed by atoms with Gasteiger partial charge in [0, 0.05) is 18.1 Å². The summed E-state index contributed by atoms with van der Waals surface area (Å²) in [5.74, 6) is -0.105. The third-order valence-corrected chi connectivity index (χ3v) is 4.90. The van der Waals surface area contributed by atoms with Crippen LogP contribution in [-0.4, -0.2) is 49.7 Å². The van der Waals surface area contributed by atoms with E-state index < -0.39 is 0 Å². The van der Waals surface area contributed by atoms with E-state index in [9.17, 15) is 4.79 Å². The minimum absolute atomic E-state index is 0.105. The molecule has 0 aromatic rings. The molecule has 2 saturated heterocycles. The molecule has 110 valence electrons. The Bertz CT molecular complexity index is 318. The average Bonchev–Trinajstić information content (AvgIpc) is 2.73. The fourth-order valence-electron chi connectivity index (χ4n) is 3.40. The molecule has 2 unspecified atom stereocenters. The number of fused-ring (bicyclic) bond motifs is 2. The topological polar surface area (TPSA) is 41.6 Å². The summed E-state index contributed by atoms with van der Waals surface area (Å²) in [5.41, 5.74) is -0.380. The van der Waals surface area contributed by atoms with E-state index in [2.05, 4.69) is 17.3 Å². The lowest BCUT2D eigenvalue weighted by Gasteiger charge is -2.36. The largest absolute Gasteiger partial charge is 0.469 e. The number of rotatable bonds is 5. The third-order valence-electron chi connectivity index (χ3n) is 4.90. The maximum atomic E-state index is 11.7. The van der Waals surface area contributed by atoms with Crippen molar-refractivity contribution in [3.63, 3.8) is 0 Å². The standard InChI is InChI=1S/C15H28N2O2/c1-15(2,14(18)19-4)7-8-17(3)13-9-11-5-6-12(10-13)16-11/h11-13,16H,5-10H2,1-4H3. The zero-order valence-electron chi connectivity index (χ0n) is 12.7. The molecule has 19 heavy (non-hydrogen) atoms. The SMILES string of the molecule is COC(=O)C(C)(C)CCN(C)C1CC2CCC(C1)N2. The first-order valence-corrected chi connectivity index (χ1v) is 7.47. The molecule has 0 aromatic carbocycles. The molecule has 0 spiro atoms. The first-order valence-electron chi connectivity index (χ1n) is 7.47. The Morgan fingerprint density at radius 1 is 1.32 bits per heavy atom. The lowest BCUT2D eigenvalue weighted by molar-refractivity contribution is -0.151. The molecule has 1 N–H and O–H groups in total. The highest BCUT2D eigenvalue weighted by Gasteiger charge is 2.36. The van der Waals surface area contributed by atoms with Crippen LogP contribution in [0.2, 0.25) is 0 Å². The van der Waals surface area contributed by atoms with Crippen LogP contribution in [0.25, 0.3) is 0 Å². The van der Waals surface area contributed by atoms with E-state index in [0.29, 0.717) is 6.04 Å². The van der Waals surface area contributed by atoms with Gasteiger partial charge in [-0.05, 0) is 59.5 Å². The van der Waals surface area contributed by atoms with Crippen molar-refractivity contribution in [1.29, 1.82) is 0 Å². The molecule has 2 aliphatic heterocycles. The Labute approximate surface area is 116 Å². The molecular weight excluding hydrogens is 240 g/mol. The van der Waals surface area contributed by atoms with E-state index in [1.54, 1.807) is 0 Å². The first-order chi connectivity index (χ1) is 8.92. The number of nitrogens with one attached hydrogen (secondary N) is 1. The number of esters is 1. The van der Waals surface area contributed by atoms with E-state index in [1.165, 1.54) is 32.8 Å².